The van der Waals surface area contributed by atoms with Crippen LogP contribution in [0, 0.1) is 0 Å². The molecule has 3 heterocycles. The van der Waals surface area contributed by atoms with Crippen LogP contribution in [0.15, 0.2) is 72.3 Å². The van der Waals surface area contributed by atoms with E-state index >= 15 is 0 Å². The monoisotopic (exact) mass is 453 g/mol. The molecule has 2 atom stereocenters. The van der Waals surface area contributed by atoms with Gasteiger partial charge in [0.15, 0.2) is 17.3 Å². The van der Waals surface area contributed by atoms with E-state index < -0.39 is 0 Å². The molecule has 0 amide bonds. The van der Waals surface area contributed by atoms with E-state index in [1.165, 1.54) is 6.33 Å². The van der Waals surface area contributed by atoms with Gasteiger partial charge < -0.3 is 14.8 Å². The number of anilines is 1. The lowest BCUT2D eigenvalue weighted by molar-refractivity contribution is -0.116. The third-order valence-electron chi connectivity index (χ3n) is 6.72. The standard InChI is InChI=1S/C26H23N5O3/c1-33-22-8-7-15(13-23(22)34-2)16-11-20-24(21(32)12-16)25(31-26(30-20)28-14-29-31)18-9-10-27-19-6-4-3-5-17(18)19/h3-10,13-14,16,25H,11-12H2,1-2H3,(H,28,29,30)/t16-,25+/m1/s1. The second kappa shape index (κ2) is 7.98. The summed E-state index contributed by atoms with van der Waals surface area (Å²) >= 11 is 0. The van der Waals surface area contributed by atoms with E-state index in [2.05, 4.69) is 20.4 Å². The highest BCUT2D eigenvalue weighted by molar-refractivity contribution is 6.01. The number of aromatic nitrogens is 4. The van der Waals surface area contributed by atoms with Gasteiger partial charge in [0, 0.05) is 29.3 Å². The highest BCUT2D eigenvalue weighted by Gasteiger charge is 2.40. The molecule has 1 aliphatic carbocycles. The molecular weight excluding hydrogens is 430 g/mol. The molecule has 170 valence electrons. The summed E-state index contributed by atoms with van der Waals surface area (Å²) < 4.78 is 12.7. The van der Waals surface area contributed by atoms with Gasteiger partial charge in [-0.1, -0.05) is 24.3 Å². The summed E-state index contributed by atoms with van der Waals surface area (Å²) in [5.41, 5.74) is 4.55. The van der Waals surface area contributed by atoms with Crippen molar-refractivity contribution in [3.63, 3.8) is 0 Å². The minimum atomic E-state index is -0.361. The number of methoxy groups -OCH3 is 2. The van der Waals surface area contributed by atoms with Crippen LogP contribution >= 0.6 is 0 Å². The molecule has 0 radical (unpaired) electrons. The van der Waals surface area contributed by atoms with Crippen molar-refractivity contribution in [2.75, 3.05) is 19.5 Å². The topological polar surface area (TPSA) is 91.2 Å². The van der Waals surface area contributed by atoms with Gasteiger partial charge in [-0.2, -0.15) is 10.1 Å². The van der Waals surface area contributed by atoms with E-state index in [4.69, 9.17) is 9.47 Å². The fraction of sp³-hybridized carbons (Fsp3) is 0.231. The lowest BCUT2D eigenvalue weighted by atomic mass is 9.77. The molecule has 0 spiro atoms. The van der Waals surface area contributed by atoms with Crippen LogP contribution in [0.5, 0.6) is 11.5 Å². The SMILES string of the molecule is COc1ccc([C@H]2CC(=O)C3=C(C2)Nc2ncnn2[C@H]3c2ccnc3ccccc23)cc1OC. The molecule has 0 saturated carbocycles. The van der Waals surface area contributed by atoms with Crippen molar-refractivity contribution in [3.8, 4) is 11.5 Å². The van der Waals surface area contributed by atoms with E-state index in [0.717, 1.165) is 33.3 Å². The second-order valence-corrected chi connectivity index (χ2v) is 8.51. The fourth-order valence-corrected chi connectivity index (χ4v) is 5.14. The van der Waals surface area contributed by atoms with Crippen molar-refractivity contribution in [1.29, 1.82) is 0 Å². The Kier molecular flexibility index (Phi) is 4.79. The molecule has 0 bridgehead atoms. The molecule has 0 saturated heterocycles. The van der Waals surface area contributed by atoms with E-state index in [1.807, 2.05) is 48.5 Å². The predicted octanol–water partition coefficient (Wildman–Crippen LogP) is 4.26. The number of pyridine rings is 1. The summed E-state index contributed by atoms with van der Waals surface area (Å²) in [6, 6.07) is 15.4. The van der Waals surface area contributed by atoms with Crippen LogP contribution < -0.4 is 14.8 Å². The highest BCUT2D eigenvalue weighted by atomic mass is 16.5. The minimum absolute atomic E-state index is 0.0165. The number of carbonyl (C=O) groups is 1. The van der Waals surface area contributed by atoms with Crippen LogP contribution in [0.2, 0.25) is 0 Å². The molecule has 0 fully saturated rings. The summed E-state index contributed by atoms with van der Waals surface area (Å²) in [5.74, 6) is 2.07. The van der Waals surface area contributed by atoms with Crippen molar-refractivity contribution >= 4 is 22.6 Å². The highest BCUT2D eigenvalue weighted by Crippen LogP contribution is 2.45. The number of fused-ring (bicyclic) bond motifs is 2. The van der Waals surface area contributed by atoms with Crippen LogP contribution in [0.4, 0.5) is 5.95 Å². The van der Waals surface area contributed by atoms with Crippen molar-refractivity contribution in [1.82, 2.24) is 19.7 Å². The number of para-hydroxylation sites is 1. The average molecular weight is 454 g/mol. The maximum atomic E-state index is 13.7. The van der Waals surface area contributed by atoms with Crippen LogP contribution in [-0.4, -0.2) is 39.8 Å². The van der Waals surface area contributed by atoms with Gasteiger partial charge in [-0.05, 0) is 47.7 Å². The molecule has 34 heavy (non-hydrogen) atoms. The van der Waals surface area contributed by atoms with E-state index in [-0.39, 0.29) is 17.7 Å². The fourth-order valence-electron chi connectivity index (χ4n) is 5.14. The predicted molar refractivity (Wildman–Crippen MR) is 127 cm³/mol. The summed E-state index contributed by atoms with van der Waals surface area (Å²) in [6.07, 6.45) is 4.40. The number of ether oxygens (including phenoxy) is 2. The van der Waals surface area contributed by atoms with E-state index in [0.29, 0.717) is 30.3 Å². The average Bonchev–Trinajstić information content (AvgIpc) is 3.35. The molecule has 8 nitrogen and oxygen atoms in total. The molecule has 2 aromatic heterocycles. The molecule has 2 aromatic carbocycles. The number of hydrogen-bond acceptors (Lipinski definition) is 7. The summed E-state index contributed by atoms with van der Waals surface area (Å²) in [6.45, 7) is 0. The molecule has 2 aliphatic rings. The molecule has 1 N–H and O–H groups in total. The Hall–Kier alpha value is -4.20. The first-order valence-electron chi connectivity index (χ1n) is 11.2. The summed E-state index contributed by atoms with van der Waals surface area (Å²) in [7, 11) is 3.23. The first-order valence-corrected chi connectivity index (χ1v) is 11.2. The zero-order valence-corrected chi connectivity index (χ0v) is 18.9. The van der Waals surface area contributed by atoms with Gasteiger partial charge in [0.2, 0.25) is 5.95 Å². The largest absolute Gasteiger partial charge is 0.493 e. The molecule has 0 unspecified atom stereocenters. The number of carbonyl (C=O) groups excluding carboxylic acids is 1. The Morgan fingerprint density at radius 1 is 1.00 bits per heavy atom. The van der Waals surface area contributed by atoms with Crippen molar-refractivity contribution < 1.29 is 14.3 Å². The van der Waals surface area contributed by atoms with Crippen LogP contribution in [-0.2, 0) is 4.79 Å². The number of Topliss-reactive ketones (excluding diaryl/α,β-unsaturated/α-hetero) is 1. The Morgan fingerprint density at radius 2 is 1.85 bits per heavy atom. The van der Waals surface area contributed by atoms with Crippen LogP contribution in [0.3, 0.4) is 0 Å². The number of ketones is 1. The van der Waals surface area contributed by atoms with Gasteiger partial charge >= 0.3 is 0 Å². The second-order valence-electron chi connectivity index (χ2n) is 8.51. The van der Waals surface area contributed by atoms with Crippen LogP contribution in [0.1, 0.15) is 35.9 Å². The minimum Gasteiger partial charge on any atom is -0.493 e. The van der Waals surface area contributed by atoms with Crippen LogP contribution in [0.25, 0.3) is 10.9 Å². The number of hydrogen-bond donors (Lipinski definition) is 1. The normalized spacial score (nSPS) is 19.4. The molecule has 4 aromatic rings. The maximum Gasteiger partial charge on any atom is 0.226 e. The van der Waals surface area contributed by atoms with Gasteiger partial charge in [-0.15, -0.1) is 0 Å². The smallest absolute Gasteiger partial charge is 0.226 e. The molecular formula is C26H23N5O3. The van der Waals surface area contributed by atoms with Gasteiger partial charge in [0.25, 0.3) is 0 Å². The Balaban J connectivity index is 1.46. The number of nitrogens with one attached hydrogen (secondary N) is 1. The summed E-state index contributed by atoms with van der Waals surface area (Å²) in [5, 5.41) is 8.86. The third kappa shape index (κ3) is 3.14. The third-order valence-corrected chi connectivity index (χ3v) is 6.72. The lowest BCUT2D eigenvalue weighted by Gasteiger charge is -2.35. The molecule has 1 aliphatic heterocycles. The number of benzene rings is 2. The summed E-state index contributed by atoms with van der Waals surface area (Å²) in [4.78, 5) is 22.6. The Bertz CT molecular complexity index is 1450. The zero-order chi connectivity index (χ0) is 23.2. The molecule has 6 rings (SSSR count). The van der Waals surface area contributed by atoms with Gasteiger partial charge in [0.05, 0.1) is 19.7 Å². The quantitative estimate of drug-likeness (QED) is 0.494. The van der Waals surface area contributed by atoms with E-state index in [1.54, 1.807) is 25.1 Å². The lowest BCUT2D eigenvalue weighted by Crippen LogP contribution is -2.33. The van der Waals surface area contributed by atoms with E-state index in [9.17, 15) is 4.79 Å². The van der Waals surface area contributed by atoms with Gasteiger partial charge in [0.1, 0.15) is 12.4 Å². The maximum absolute atomic E-state index is 13.7. The van der Waals surface area contributed by atoms with Crippen molar-refractivity contribution in [3.05, 3.63) is 83.5 Å². The molecule has 8 heteroatoms. The number of rotatable bonds is 4. The van der Waals surface area contributed by atoms with Crippen molar-refractivity contribution in [2.45, 2.75) is 24.8 Å². The zero-order valence-electron chi connectivity index (χ0n) is 18.9. The van der Waals surface area contributed by atoms with Gasteiger partial charge in [-0.3, -0.25) is 9.78 Å². The Morgan fingerprint density at radius 3 is 2.71 bits per heavy atom. The Labute approximate surface area is 196 Å². The van der Waals surface area contributed by atoms with Gasteiger partial charge in [-0.25, -0.2) is 4.68 Å². The first kappa shape index (κ1) is 20.4. The first-order chi connectivity index (χ1) is 16.7. The number of allylic oxidation sites excluding steroid dienone is 2. The van der Waals surface area contributed by atoms with Crippen molar-refractivity contribution in [2.24, 2.45) is 0 Å². The number of nitrogens with zero attached hydrogens (tertiary/aromatic N) is 4.